The summed E-state index contributed by atoms with van der Waals surface area (Å²) in [6, 6.07) is 13.2. The summed E-state index contributed by atoms with van der Waals surface area (Å²) in [6.07, 6.45) is -3.56. The average molecular weight is 525 g/mol. The van der Waals surface area contributed by atoms with E-state index >= 15 is 0 Å². The van der Waals surface area contributed by atoms with Crippen LogP contribution < -0.4 is 9.46 Å². The maximum absolute atomic E-state index is 14.0. The molecule has 36 heavy (non-hydrogen) atoms. The number of nitrogens with zero attached hydrogens (tertiary/aromatic N) is 1. The minimum Gasteiger partial charge on any atom is -0.406 e. The van der Waals surface area contributed by atoms with Crippen LogP contribution in [0.2, 0.25) is 0 Å². The molecule has 5 nitrogen and oxygen atoms in total. The van der Waals surface area contributed by atoms with Crippen molar-refractivity contribution in [2.24, 2.45) is 5.92 Å². The van der Waals surface area contributed by atoms with E-state index in [1.807, 2.05) is 0 Å². The van der Waals surface area contributed by atoms with E-state index in [0.29, 0.717) is 24.0 Å². The number of ether oxygens (including phenoxy) is 1. The number of piperidine rings is 1. The van der Waals surface area contributed by atoms with Gasteiger partial charge in [-0.3, -0.25) is 4.72 Å². The largest absolute Gasteiger partial charge is 0.573 e. The zero-order chi connectivity index (χ0) is 25.7. The smallest absolute Gasteiger partial charge is 0.406 e. The second kappa shape index (κ2) is 9.04. The summed E-state index contributed by atoms with van der Waals surface area (Å²) in [5.41, 5.74) is 2.96. The number of rotatable bonds is 5. The van der Waals surface area contributed by atoms with Gasteiger partial charge in [0.2, 0.25) is 0 Å². The van der Waals surface area contributed by atoms with E-state index in [4.69, 9.17) is 0 Å². The SMILES string of the molecule is O=S(=O)(Nc1ccc(OC(F)(F)F)cc1)N1CCCC(C2c3ccc(F)cc3-c3cc(F)ccc32)C1. The molecule has 2 aliphatic rings. The Kier molecular flexibility index (Phi) is 6.16. The first-order valence-corrected chi connectivity index (χ1v) is 12.7. The number of nitrogens with one attached hydrogen (secondary N) is 1. The highest BCUT2D eigenvalue weighted by Gasteiger charge is 2.39. The Labute approximate surface area is 204 Å². The summed E-state index contributed by atoms with van der Waals surface area (Å²) in [4.78, 5) is 0. The molecule has 0 amide bonds. The molecule has 0 spiro atoms. The van der Waals surface area contributed by atoms with Crippen LogP contribution in [0.1, 0.15) is 29.9 Å². The van der Waals surface area contributed by atoms with Gasteiger partial charge in [0.25, 0.3) is 0 Å². The van der Waals surface area contributed by atoms with Gasteiger partial charge in [-0.2, -0.15) is 12.7 Å². The van der Waals surface area contributed by atoms with Crippen molar-refractivity contribution < 1.29 is 35.1 Å². The molecule has 1 atom stereocenters. The first-order valence-electron chi connectivity index (χ1n) is 11.2. The summed E-state index contributed by atoms with van der Waals surface area (Å²) in [5.74, 6) is -1.71. The molecule has 1 saturated heterocycles. The summed E-state index contributed by atoms with van der Waals surface area (Å²) < 4.78 is 98.9. The summed E-state index contributed by atoms with van der Waals surface area (Å²) >= 11 is 0. The lowest BCUT2D eigenvalue weighted by Crippen LogP contribution is -2.44. The molecule has 5 rings (SSSR count). The van der Waals surface area contributed by atoms with Gasteiger partial charge in [0.05, 0.1) is 5.69 Å². The van der Waals surface area contributed by atoms with Crippen LogP contribution in [0.4, 0.5) is 27.6 Å². The van der Waals surface area contributed by atoms with Crippen LogP contribution in [0, 0.1) is 17.6 Å². The topological polar surface area (TPSA) is 58.6 Å². The van der Waals surface area contributed by atoms with Gasteiger partial charge in [-0.1, -0.05) is 12.1 Å². The van der Waals surface area contributed by atoms with Gasteiger partial charge in [-0.25, -0.2) is 8.78 Å². The average Bonchev–Trinajstić information content (AvgIpc) is 3.12. The minimum atomic E-state index is -4.85. The van der Waals surface area contributed by atoms with Gasteiger partial charge in [0.1, 0.15) is 17.4 Å². The normalized spacial score (nSPS) is 18.5. The highest BCUT2D eigenvalue weighted by molar-refractivity contribution is 7.90. The fourth-order valence-electron chi connectivity index (χ4n) is 5.14. The zero-order valence-corrected chi connectivity index (χ0v) is 19.5. The Morgan fingerprint density at radius 2 is 1.47 bits per heavy atom. The maximum atomic E-state index is 14.0. The number of alkyl halides is 3. The Morgan fingerprint density at radius 1 is 0.889 bits per heavy atom. The third-order valence-corrected chi connectivity index (χ3v) is 8.06. The van der Waals surface area contributed by atoms with E-state index in [1.165, 1.54) is 40.7 Å². The molecule has 0 aromatic heterocycles. The number of anilines is 1. The minimum absolute atomic E-state index is 0.0918. The van der Waals surface area contributed by atoms with Gasteiger partial charge in [-0.05, 0) is 89.5 Å². The van der Waals surface area contributed by atoms with E-state index < -0.39 is 34.0 Å². The van der Waals surface area contributed by atoms with E-state index in [2.05, 4.69) is 9.46 Å². The van der Waals surface area contributed by atoms with Crippen LogP contribution in [0.3, 0.4) is 0 Å². The van der Waals surface area contributed by atoms with Crippen LogP contribution in [0.5, 0.6) is 5.75 Å². The number of fused-ring (bicyclic) bond motifs is 3. The van der Waals surface area contributed by atoms with Crippen LogP contribution in [-0.4, -0.2) is 32.2 Å². The lowest BCUT2D eigenvalue weighted by Gasteiger charge is -2.35. The quantitative estimate of drug-likeness (QED) is 0.414. The van der Waals surface area contributed by atoms with Gasteiger partial charge < -0.3 is 4.74 Å². The molecule has 0 radical (unpaired) electrons. The predicted octanol–water partition coefficient (Wildman–Crippen LogP) is 6.04. The van der Waals surface area contributed by atoms with Crippen LogP contribution in [-0.2, 0) is 10.2 Å². The third-order valence-electron chi connectivity index (χ3n) is 6.56. The van der Waals surface area contributed by atoms with Crippen molar-refractivity contribution in [3.05, 3.63) is 83.4 Å². The highest BCUT2D eigenvalue weighted by atomic mass is 32.2. The molecule has 1 aliphatic carbocycles. The van der Waals surface area contributed by atoms with Crippen molar-refractivity contribution in [1.29, 1.82) is 0 Å². The zero-order valence-electron chi connectivity index (χ0n) is 18.7. The van der Waals surface area contributed by atoms with Crippen LogP contribution >= 0.6 is 0 Å². The summed E-state index contributed by atoms with van der Waals surface area (Å²) in [5, 5.41) is 0. The molecule has 190 valence electrons. The number of halogens is 5. The van der Waals surface area contributed by atoms with Gasteiger partial charge in [0, 0.05) is 19.0 Å². The van der Waals surface area contributed by atoms with Crippen molar-refractivity contribution in [2.45, 2.75) is 25.1 Å². The molecular formula is C25H21F5N2O3S. The molecule has 0 saturated carbocycles. The van der Waals surface area contributed by atoms with Crippen molar-refractivity contribution in [2.75, 3.05) is 17.8 Å². The fourth-order valence-corrected chi connectivity index (χ4v) is 6.46. The van der Waals surface area contributed by atoms with E-state index in [1.54, 1.807) is 12.1 Å². The molecule has 0 bridgehead atoms. The van der Waals surface area contributed by atoms with Crippen molar-refractivity contribution >= 4 is 15.9 Å². The predicted molar refractivity (Wildman–Crippen MR) is 124 cm³/mol. The first kappa shape index (κ1) is 24.5. The second-order valence-corrected chi connectivity index (χ2v) is 10.6. The van der Waals surface area contributed by atoms with Gasteiger partial charge in [0.15, 0.2) is 0 Å². The number of hydrogen-bond acceptors (Lipinski definition) is 3. The van der Waals surface area contributed by atoms with E-state index in [-0.39, 0.29) is 30.6 Å². The van der Waals surface area contributed by atoms with Crippen molar-refractivity contribution in [3.8, 4) is 16.9 Å². The fraction of sp³-hybridized carbons (Fsp3) is 0.280. The molecule has 1 N–H and O–H groups in total. The van der Waals surface area contributed by atoms with Gasteiger partial charge >= 0.3 is 16.6 Å². The maximum Gasteiger partial charge on any atom is 0.573 e. The van der Waals surface area contributed by atoms with E-state index in [9.17, 15) is 30.4 Å². The van der Waals surface area contributed by atoms with Gasteiger partial charge in [-0.15, -0.1) is 13.2 Å². The molecule has 1 unspecified atom stereocenters. The highest BCUT2D eigenvalue weighted by Crippen LogP contribution is 2.50. The molecule has 1 heterocycles. The molecule has 1 aliphatic heterocycles. The Hall–Kier alpha value is -3.18. The monoisotopic (exact) mass is 524 g/mol. The second-order valence-electron chi connectivity index (χ2n) is 8.88. The van der Waals surface area contributed by atoms with Crippen LogP contribution in [0.25, 0.3) is 11.1 Å². The van der Waals surface area contributed by atoms with E-state index in [0.717, 1.165) is 23.3 Å². The lowest BCUT2D eigenvalue weighted by molar-refractivity contribution is -0.274. The molecular weight excluding hydrogens is 503 g/mol. The number of hydrogen-bond donors (Lipinski definition) is 1. The Morgan fingerprint density at radius 3 is 2.03 bits per heavy atom. The number of benzene rings is 3. The Balaban J connectivity index is 1.37. The molecule has 11 heteroatoms. The summed E-state index contributed by atoms with van der Waals surface area (Å²) in [7, 11) is -4.01. The van der Waals surface area contributed by atoms with Crippen LogP contribution in [0.15, 0.2) is 60.7 Å². The molecule has 3 aromatic carbocycles. The standard InChI is InChI=1S/C25H21F5N2O3S/c26-16-3-9-20-22(12-16)23-13-17(27)4-10-21(23)24(20)15-2-1-11-32(14-15)36(33,34)31-18-5-7-19(8-6-18)35-25(28,29)30/h3-10,12-13,15,24,31H,1-2,11,14H2. The molecule has 1 fully saturated rings. The summed E-state index contributed by atoms with van der Waals surface area (Å²) in [6.45, 7) is 0.434. The lowest BCUT2D eigenvalue weighted by atomic mass is 9.80. The Bertz CT molecular complexity index is 1340. The third kappa shape index (κ3) is 4.90. The molecule has 3 aromatic rings. The first-order chi connectivity index (χ1) is 17.0. The van der Waals surface area contributed by atoms with Crippen molar-refractivity contribution in [3.63, 3.8) is 0 Å². The van der Waals surface area contributed by atoms with Crippen molar-refractivity contribution in [1.82, 2.24) is 4.31 Å².